The van der Waals surface area contributed by atoms with Crippen molar-refractivity contribution in [1.29, 1.82) is 5.26 Å². The summed E-state index contributed by atoms with van der Waals surface area (Å²) in [6.07, 6.45) is 0.712. The number of carbonyl (C=O) groups excluding carboxylic acids is 1. The number of ether oxygens (including phenoxy) is 1. The number of para-hydroxylation sites is 1. The van der Waals surface area contributed by atoms with Crippen molar-refractivity contribution in [2.45, 2.75) is 12.5 Å². The molecular formula is C31H28N8O4. The molecule has 2 amide bonds. The fourth-order valence-corrected chi connectivity index (χ4v) is 5.53. The largest absolute Gasteiger partial charge is 0.497 e. The summed E-state index contributed by atoms with van der Waals surface area (Å²) in [4.78, 5) is 38.4. The number of methoxy groups -OCH3 is 1. The average molecular weight is 577 g/mol. The molecule has 1 saturated heterocycles. The maximum atomic E-state index is 13.9. The van der Waals surface area contributed by atoms with E-state index in [1.165, 1.54) is 4.90 Å². The van der Waals surface area contributed by atoms with Gasteiger partial charge in [-0.2, -0.15) is 10.4 Å². The number of nitriles is 1. The van der Waals surface area contributed by atoms with Crippen molar-refractivity contribution < 1.29 is 19.4 Å². The highest BCUT2D eigenvalue weighted by atomic mass is 16.5. The van der Waals surface area contributed by atoms with E-state index in [-0.39, 0.29) is 25.2 Å². The van der Waals surface area contributed by atoms with Crippen LogP contribution in [0.5, 0.6) is 5.75 Å². The van der Waals surface area contributed by atoms with Crippen molar-refractivity contribution in [1.82, 2.24) is 24.6 Å². The Balaban J connectivity index is 1.44. The molecule has 12 heteroatoms. The Kier molecular flexibility index (Phi) is 7.21. The molecule has 1 fully saturated rings. The quantitative estimate of drug-likeness (QED) is 0.297. The minimum absolute atomic E-state index is 0.0331. The molecule has 5 aromatic rings. The minimum Gasteiger partial charge on any atom is -0.497 e. The molecule has 3 aromatic carbocycles. The Morgan fingerprint density at radius 1 is 1.09 bits per heavy atom. The molecule has 0 unspecified atom stereocenters. The summed E-state index contributed by atoms with van der Waals surface area (Å²) in [5.41, 5.74) is 2.20. The number of nitrogens with one attached hydrogen (secondary N) is 1. The molecule has 1 aliphatic heterocycles. The number of aryl methyl sites for hydroxylation is 1. The molecule has 43 heavy (non-hydrogen) atoms. The van der Waals surface area contributed by atoms with Crippen LogP contribution in [0, 0.1) is 11.3 Å². The first-order chi connectivity index (χ1) is 20.9. The molecule has 2 aromatic heterocycles. The fraction of sp³-hybridized carbons (Fsp3) is 0.226. The number of hydrogen-bond donors (Lipinski definition) is 2. The van der Waals surface area contributed by atoms with Crippen LogP contribution in [0.4, 0.5) is 16.3 Å². The van der Waals surface area contributed by atoms with Crippen LogP contribution < -0.4 is 15.0 Å². The first kappa shape index (κ1) is 27.5. The lowest BCUT2D eigenvalue weighted by molar-refractivity contribution is 0.102. The third-order valence-electron chi connectivity index (χ3n) is 7.65. The number of fused-ring (bicyclic) bond motifs is 2. The number of hydrogen-bond acceptors (Lipinski definition) is 8. The van der Waals surface area contributed by atoms with Gasteiger partial charge in [-0.1, -0.05) is 36.4 Å². The van der Waals surface area contributed by atoms with Crippen LogP contribution in [0.15, 0.2) is 66.9 Å². The SMILES string of the molecule is COc1cc(NC(=O)c2cc(N3CCN(C(=O)O)[C@@H](CC#N)C3)nc(-c3cccc4cnn(C)c34)n2)c2ccccc2c1. The smallest absolute Gasteiger partial charge is 0.407 e. The molecule has 0 aliphatic carbocycles. The first-order valence-electron chi connectivity index (χ1n) is 13.7. The summed E-state index contributed by atoms with van der Waals surface area (Å²) in [5.74, 6) is 0.932. The van der Waals surface area contributed by atoms with Gasteiger partial charge in [0.2, 0.25) is 0 Å². The molecule has 0 spiro atoms. The van der Waals surface area contributed by atoms with Crippen molar-refractivity contribution in [2.75, 3.05) is 37.0 Å². The zero-order valence-electron chi connectivity index (χ0n) is 23.6. The molecule has 2 N–H and O–H groups in total. The predicted octanol–water partition coefficient (Wildman–Crippen LogP) is 4.53. The monoisotopic (exact) mass is 576 g/mol. The van der Waals surface area contributed by atoms with Gasteiger partial charge in [-0.15, -0.1) is 0 Å². The Morgan fingerprint density at radius 3 is 2.70 bits per heavy atom. The van der Waals surface area contributed by atoms with E-state index in [0.29, 0.717) is 35.2 Å². The van der Waals surface area contributed by atoms with E-state index < -0.39 is 18.0 Å². The Bertz CT molecular complexity index is 1910. The normalized spacial score (nSPS) is 15.0. The van der Waals surface area contributed by atoms with Crippen LogP contribution in [-0.4, -0.2) is 74.5 Å². The Morgan fingerprint density at radius 2 is 1.91 bits per heavy atom. The van der Waals surface area contributed by atoms with Crippen molar-refractivity contribution in [2.24, 2.45) is 7.05 Å². The molecule has 0 radical (unpaired) electrons. The molecule has 1 atom stereocenters. The lowest BCUT2D eigenvalue weighted by Crippen LogP contribution is -2.55. The third kappa shape index (κ3) is 5.24. The second-order valence-corrected chi connectivity index (χ2v) is 10.2. The molecule has 216 valence electrons. The van der Waals surface area contributed by atoms with Crippen molar-refractivity contribution in [3.8, 4) is 23.2 Å². The zero-order valence-corrected chi connectivity index (χ0v) is 23.6. The second kappa shape index (κ2) is 11.3. The second-order valence-electron chi connectivity index (χ2n) is 10.2. The van der Waals surface area contributed by atoms with Gasteiger partial charge < -0.3 is 25.0 Å². The topological polar surface area (TPSA) is 150 Å². The Labute approximate surface area is 246 Å². The summed E-state index contributed by atoms with van der Waals surface area (Å²) >= 11 is 0. The summed E-state index contributed by atoms with van der Waals surface area (Å²) < 4.78 is 7.20. The molecular weight excluding hydrogens is 548 g/mol. The standard InChI is InChI=1S/C31H28N8O4/c1-37-28-20(17-33-37)7-5-9-24(28)29-34-26(16-27(36-29)38-12-13-39(31(41)42)21(18-38)10-11-32)30(40)35-25-15-22(43-2)14-19-6-3-4-8-23(19)25/h3-9,14-17,21H,10,12-13,18H2,1-2H3,(H,35,40)(H,41,42)/t21-/m0/s1. The lowest BCUT2D eigenvalue weighted by Gasteiger charge is -2.39. The number of nitrogens with zero attached hydrogens (tertiary/aromatic N) is 7. The van der Waals surface area contributed by atoms with Crippen molar-refractivity contribution in [3.63, 3.8) is 0 Å². The van der Waals surface area contributed by atoms with Gasteiger partial charge >= 0.3 is 6.09 Å². The highest BCUT2D eigenvalue weighted by Gasteiger charge is 2.31. The number of benzene rings is 3. The van der Waals surface area contributed by atoms with E-state index >= 15 is 0 Å². The number of rotatable bonds is 6. The van der Waals surface area contributed by atoms with E-state index in [4.69, 9.17) is 14.7 Å². The summed E-state index contributed by atoms with van der Waals surface area (Å²) in [5, 5.41) is 29.0. The fourth-order valence-electron chi connectivity index (χ4n) is 5.53. The molecule has 6 rings (SSSR count). The molecule has 1 aliphatic rings. The van der Waals surface area contributed by atoms with Crippen molar-refractivity contribution >= 4 is 45.2 Å². The molecule has 0 saturated carbocycles. The maximum absolute atomic E-state index is 13.9. The minimum atomic E-state index is -1.07. The number of carbonyl (C=O) groups is 2. The van der Waals surface area contributed by atoms with Crippen molar-refractivity contribution in [3.05, 3.63) is 72.6 Å². The van der Waals surface area contributed by atoms with Gasteiger partial charge in [-0.3, -0.25) is 9.48 Å². The van der Waals surface area contributed by atoms with Gasteiger partial charge in [0.1, 0.15) is 17.3 Å². The molecule has 0 bridgehead atoms. The van der Waals surface area contributed by atoms with Crippen LogP contribution in [0.1, 0.15) is 16.9 Å². The lowest BCUT2D eigenvalue weighted by atomic mass is 10.1. The maximum Gasteiger partial charge on any atom is 0.407 e. The van der Waals surface area contributed by atoms with Gasteiger partial charge in [0, 0.05) is 55.2 Å². The highest BCUT2D eigenvalue weighted by Crippen LogP contribution is 2.31. The average Bonchev–Trinajstić information content (AvgIpc) is 3.41. The summed E-state index contributed by atoms with van der Waals surface area (Å²) in [7, 11) is 3.40. The summed E-state index contributed by atoms with van der Waals surface area (Å²) in [6, 6.07) is 20.2. The van der Waals surface area contributed by atoms with Crippen LogP contribution in [0.3, 0.4) is 0 Å². The van der Waals surface area contributed by atoms with Crippen LogP contribution in [0.25, 0.3) is 33.1 Å². The van der Waals surface area contributed by atoms with Crippen LogP contribution >= 0.6 is 0 Å². The summed E-state index contributed by atoms with van der Waals surface area (Å²) in [6.45, 7) is 0.769. The Hall–Kier alpha value is -5.70. The molecule has 12 nitrogen and oxygen atoms in total. The number of anilines is 2. The van der Waals surface area contributed by atoms with Gasteiger partial charge in [-0.25, -0.2) is 14.8 Å². The highest BCUT2D eigenvalue weighted by molar-refractivity contribution is 6.09. The van der Waals surface area contributed by atoms with Gasteiger partial charge in [0.25, 0.3) is 5.91 Å². The number of aromatic nitrogens is 4. The van der Waals surface area contributed by atoms with E-state index in [9.17, 15) is 20.0 Å². The molecule has 3 heterocycles. The van der Waals surface area contributed by atoms with Gasteiger partial charge in [0.15, 0.2) is 5.82 Å². The van der Waals surface area contributed by atoms with Gasteiger partial charge in [-0.05, 0) is 17.5 Å². The van der Waals surface area contributed by atoms with E-state index in [0.717, 1.165) is 21.7 Å². The van der Waals surface area contributed by atoms with Crippen LogP contribution in [-0.2, 0) is 7.05 Å². The number of piperazine rings is 1. The third-order valence-corrected chi connectivity index (χ3v) is 7.65. The van der Waals surface area contributed by atoms with E-state index in [1.807, 2.05) is 60.5 Å². The van der Waals surface area contributed by atoms with Crippen LogP contribution in [0.2, 0.25) is 0 Å². The zero-order chi connectivity index (χ0) is 30.1. The van der Waals surface area contributed by atoms with E-state index in [1.54, 1.807) is 30.1 Å². The number of amides is 2. The number of carboxylic acid groups (broad SMARTS) is 1. The van der Waals surface area contributed by atoms with E-state index in [2.05, 4.69) is 16.5 Å². The predicted molar refractivity (Wildman–Crippen MR) is 161 cm³/mol. The first-order valence-corrected chi connectivity index (χ1v) is 13.7. The van der Waals surface area contributed by atoms with Gasteiger partial charge in [0.05, 0.1) is 43.0 Å².